The van der Waals surface area contributed by atoms with Crippen molar-refractivity contribution < 1.29 is 22.9 Å². The molecule has 254 valence electrons. The third-order valence-electron chi connectivity index (χ3n) is 8.11. The minimum absolute atomic E-state index is 0.290. The molecule has 0 radical (unpaired) electrons. The molecule has 0 aromatic carbocycles. The number of amides is 1. The molecule has 0 rings (SSSR count). The highest BCUT2D eigenvalue weighted by molar-refractivity contribution is 7.85. The lowest BCUT2D eigenvalue weighted by Gasteiger charge is -2.21. The second-order valence-electron chi connectivity index (χ2n) is 12.5. The number of carbonyl (C=O) groups is 1. The van der Waals surface area contributed by atoms with E-state index in [1.54, 1.807) is 6.08 Å². The third kappa shape index (κ3) is 32.0. The van der Waals surface area contributed by atoms with Crippen molar-refractivity contribution in [3.8, 4) is 0 Å². The average molecular weight is 628 g/mol. The molecule has 0 aromatic rings. The third-order valence-corrected chi connectivity index (χ3v) is 8.89. The van der Waals surface area contributed by atoms with E-state index in [2.05, 4.69) is 31.3 Å². The van der Waals surface area contributed by atoms with Crippen molar-refractivity contribution in [3.05, 3.63) is 24.3 Å². The number of carbonyl (C=O) groups excluding carboxylic acids is 1. The molecule has 3 N–H and O–H groups in total. The maximum atomic E-state index is 12.4. The summed E-state index contributed by atoms with van der Waals surface area (Å²) in [5.74, 6) is -0.999. The Morgan fingerprint density at radius 2 is 1.00 bits per heavy atom. The number of aliphatic hydroxyl groups is 1. The van der Waals surface area contributed by atoms with Crippen LogP contribution >= 0.6 is 0 Å². The molecule has 1 amide bonds. The van der Waals surface area contributed by atoms with Crippen molar-refractivity contribution in [1.82, 2.24) is 5.32 Å². The van der Waals surface area contributed by atoms with Gasteiger partial charge in [-0.05, 0) is 25.7 Å². The fourth-order valence-corrected chi connectivity index (χ4v) is 6.15. The summed E-state index contributed by atoms with van der Waals surface area (Å²) < 4.78 is 32.1. The van der Waals surface area contributed by atoms with Crippen LogP contribution in [0.25, 0.3) is 0 Å². The van der Waals surface area contributed by atoms with Crippen LogP contribution in [0.1, 0.15) is 181 Å². The highest BCUT2D eigenvalue weighted by Crippen LogP contribution is 2.15. The van der Waals surface area contributed by atoms with E-state index in [1.807, 2.05) is 0 Å². The number of allylic oxidation sites excluding steroid dienone is 3. The van der Waals surface area contributed by atoms with Crippen LogP contribution in [0.15, 0.2) is 24.3 Å². The second-order valence-corrected chi connectivity index (χ2v) is 14.0. The van der Waals surface area contributed by atoms with Gasteiger partial charge in [0.05, 0.1) is 17.9 Å². The first-order valence-electron chi connectivity index (χ1n) is 18.0. The molecule has 0 aliphatic carbocycles. The van der Waals surface area contributed by atoms with Crippen LogP contribution in [-0.2, 0) is 14.9 Å². The zero-order chi connectivity index (χ0) is 31.9. The topological polar surface area (TPSA) is 104 Å². The minimum Gasteiger partial charge on any atom is -0.387 e. The maximum Gasteiger partial charge on any atom is 0.267 e. The molecule has 6 nitrogen and oxygen atoms in total. The molecule has 43 heavy (non-hydrogen) atoms. The maximum absolute atomic E-state index is 12.4. The monoisotopic (exact) mass is 627 g/mol. The van der Waals surface area contributed by atoms with Crippen LogP contribution < -0.4 is 5.32 Å². The van der Waals surface area contributed by atoms with Gasteiger partial charge in [-0.15, -0.1) is 0 Å². The average Bonchev–Trinajstić information content (AvgIpc) is 2.96. The van der Waals surface area contributed by atoms with Gasteiger partial charge in [0.2, 0.25) is 5.91 Å². The molecule has 0 saturated heterocycles. The highest BCUT2D eigenvalue weighted by Gasteiger charge is 2.24. The van der Waals surface area contributed by atoms with Crippen LogP contribution in [0, 0.1) is 0 Å². The number of nitrogens with one attached hydrogen (secondary N) is 1. The Bertz CT molecular complexity index is 781. The lowest BCUT2D eigenvalue weighted by Crippen LogP contribution is -2.46. The van der Waals surface area contributed by atoms with Gasteiger partial charge in [0.1, 0.15) is 0 Å². The van der Waals surface area contributed by atoms with Gasteiger partial charge < -0.3 is 10.4 Å². The van der Waals surface area contributed by atoms with E-state index < -0.39 is 28.0 Å². The first-order chi connectivity index (χ1) is 20.8. The van der Waals surface area contributed by atoms with Crippen LogP contribution in [0.3, 0.4) is 0 Å². The first kappa shape index (κ1) is 41.8. The zero-order valence-corrected chi connectivity index (χ0v) is 28.9. The predicted molar refractivity (Wildman–Crippen MR) is 184 cm³/mol. The van der Waals surface area contributed by atoms with Gasteiger partial charge in [-0.25, -0.2) is 0 Å². The molecule has 0 fully saturated rings. The van der Waals surface area contributed by atoms with E-state index in [0.29, 0.717) is 12.8 Å². The van der Waals surface area contributed by atoms with Gasteiger partial charge in [0.25, 0.3) is 10.1 Å². The normalized spacial score (nSPS) is 13.7. The van der Waals surface area contributed by atoms with Crippen molar-refractivity contribution in [2.45, 2.75) is 193 Å². The van der Waals surface area contributed by atoms with Crippen LogP contribution in [0.4, 0.5) is 0 Å². The number of aliphatic hydroxyl groups excluding tert-OH is 1. The lowest BCUT2D eigenvalue weighted by molar-refractivity contribution is -0.122. The Labute approximate surface area is 266 Å². The zero-order valence-electron chi connectivity index (χ0n) is 28.1. The summed E-state index contributed by atoms with van der Waals surface area (Å²) in [5.41, 5.74) is 0. The molecule has 0 aliphatic heterocycles. The summed E-state index contributed by atoms with van der Waals surface area (Å²) in [4.78, 5) is 12.4. The van der Waals surface area contributed by atoms with Crippen molar-refractivity contribution in [1.29, 1.82) is 0 Å². The van der Waals surface area contributed by atoms with Crippen molar-refractivity contribution >= 4 is 16.0 Å². The number of hydrogen-bond acceptors (Lipinski definition) is 4. The van der Waals surface area contributed by atoms with Gasteiger partial charge >= 0.3 is 0 Å². The summed E-state index contributed by atoms with van der Waals surface area (Å²) in [5, 5.41) is 13.0. The highest BCUT2D eigenvalue weighted by atomic mass is 32.2. The Hall–Kier alpha value is -1.18. The predicted octanol–water partition coefficient (Wildman–Crippen LogP) is 10.0. The molecule has 7 heteroatoms. The van der Waals surface area contributed by atoms with Crippen molar-refractivity contribution in [2.24, 2.45) is 0 Å². The molecule has 0 aromatic heterocycles. The van der Waals surface area contributed by atoms with Gasteiger partial charge in [-0.2, -0.15) is 8.42 Å². The summed E-state index contributed by atoms with van der Waals surface area (Å²) in [6.07, 6.45) is 37.7. The van der Waals surface area contributed by atoms with E-state index in [4.69, 9.17) is 0 Å². The molecule has 2 unspecified atom stereocenters. The van der Waals surface area contributed by atoms with Gasteiger partial charge in [0.15, 0.2) is 0 Å². The van der Waals surface area contributed by atoms with E-state index in [9.17, 15) is 22.9 Å². The van der Waals surface area contributed by atoms with Crippen LogP contribution in [-0.4, -0.2) is 41.9 Å². The SMILES string of the molecule is CCC/C=C/CC/C=C/C(O)C(CS(=O)(=O)O)NC(=O)CCCCCCCCCCCCCCCCCCCCCCC. The van der Waals surface area contributed by atoms with Gasteiger partial charge in [0, 0.05) is 6.42 Å². The van der Waals surface area contributed by atoms with Crippen molar-refractivity contribution in [2.75, 3.05) is 5.75 Å². The summed E-state index contributed by atoms with van der Waals surface area (Å²) >= 11 is 0. The Kier molecular flexibility index (Phi) is 30.0. The molecule has 0 heterocycles. The number of unbranched alkanes of at least 4 members (excludes halogenated alkanes) is 22. The molecule has 0 aliphatic rings. The quantitative estimate of drug-likeness (QED) is 0.0391. The van der Waals surface area contributed by atoms with Crippen LogP contribution in [0.5, 0.6) is 0 Å². The fourth-order valence-electron chi connectivity index (χ4n) is 5.41. The molecular formula is C36H69NO5S. The van der Waals surface area contributed by atoms with E-state index in [-0.39, 0.29) is 5.91 Å². The van der Waals surface area contributed by atoms with E-state index in [1.165, 1.54) is 122 Å². The second kappa shape index (κ2) is 30.8. The summed E-state index contributed by atoms with van der Waals surface area (Å²) in [6, 6.07) is -1.07. The molecule has 0 spiro atoms. The largest absolute Gasteiger partial charge is 0.387 e. The first-order valence-corrected chi connectivity index (χ1v) is 19.6. The Morgan fingerprint density at radius 1 is 0.605 bits per heavy atom. The molecule has 2 atom stereocenters. The molecule has 0 saturated carbocycles. The van der Waals surface area contributed by atoms with E-state index in [0.717, 1.165) is 38.5 Å². The molecular weight excluding hydrogens is 558 g/mol. The van der Waals surface area contributed by atoms with Gasteiger partial charge in [-0.3, -0.25) is 9.35 Å². The molecule has 0 bridgehead atoms. The number of rotatable bonds is 32. The number of hydrogen-bond donors (Lipinski definition) is 3. The minimum atomic E-state index is -4.34. The summed E-state index contributed by atoms with van der Waals surface area (Å²) in [7, 11) is -4.34. The van der Waals surface area contributed by atoms with E-state index >= 15 is 0 Å². The summed E-state index contributed by atoms with van der Waals surface area (Å²) in [6.45, 7) is 4.40. The standard InChI is InChI=1S/C36H69NO5S/c1-3-5-7-9-11-12-13-14-15-16-17-18-19-20-21-22-23-24-26-28-30-32-36(39)37-34(33-43(40,41)42)35(38)31-29-27-25-10-8-6-4-2/h8,10,29,31,34-35,38H,3-7,9,11-28,30,32-33H2,1-2H3,(H,37,39)(H,40,41,42)/b10-8+,31-29+. The Morgan fingerprint density at radius 3 is 1.42 bits per heavy atom. The smallest absolute Gasteiger partial charge is 0.267 e. The van der Waals surface area contributed by atoms with Crippen molar-refractivity contribution in [3.63, 3.8) is 0 Å². The fraction of sp³-hybridized carbons (Fsp3) is 0.861. The van der Waals surface area contributed by atoms with Gasteiger partial charge in [-0.1, -0.05) is 173 Å². The van der Waals surface area contributed by atoms with Crippen LogP contribution in [0.2, 0.25) is 0 Å². The lowest BCUT2D eigenvalue weighted by atomic mass is 10.0. The Balaban J connectivity index is 3.77.